The van der Waals surface area contributed by atoms with Crippen LogP contribution in [-0.4, -0.2) is 75.2 Å². The molecule has 2 aromatic rings. The highest BCUT2D eigenvalue weighted by Crippen LogP contribution is 2.29. The molecule has 150 valence electrons. The molecule has 0 atom stereocenters. The number of likely N-dealkylation sites (N-methyl/N-ethyl adjacent to an activating group) is 1. The Morgan fingerprint density at radius 1 is 0.929 bits per heavy atom. The largest absolute Gasteiger partial charge is 0.348 e. The maximum atomic E-state index is 13.4. The summed E-state index contributed by atoms with van der Waals surface area (Å²) in [7, 11) is -0.154. The average molecular weight is 402 g/mol. The van der Waals surface area contributed by atoms with Gasteiger partial charge in [-0.15, -0.1) is 0 Å². The Labute approximate surface area is 167 Å². The van der Waals surface area contributed by atoms with Gasteiger partial charge in [0.2, 0.25) is 15.9 Å². The summed E-state index contributed by atoms with van der Waals surface area (Å²) in [6.07, 6.45) is 0.702. The van der Waals surface area contributed by atoms with Gasteiger partial charge in [0.15, 0.2) is 0 Å². The molecule has 0 radical (unpaired) electrons. The summed E-state index contributed by atoms with van der Waals surface area (Å²) < 4.78 is 28.4. The quantitative estimate of drug-likeness (QED) is 0.770. The number of hydrogen-bond donors (Lipinski definition) is 0. The van der Waals surface area contributed by atoms with E-state index in [1.807, 2.05) is 47.4 Å². The summed E-state index contributed by atoms with van der Waals surface area (Å²) in [5.41, 5.74) is 1.60. The normalized spacial score (nSPS) is 16.5. The van der Waals surface area contributed by atoms with Gasteiger partial charge >= 0.3 is 0 Å². The van der Waals surface area contributed by atoms with Gasteiger partial charge in [-0.3, -0.25) is 9.69 Å². The monoisotopic (exact) mass is 401 g/mol. The third-order valence-corrected chi connectivity index (χ3v) is 6.95. The lowest BCUT2D eigenvalue weighted by Gasteiger charge is -2.23. The molecule has 1 aliphatic heterocycles. The van der Waals surface area contributed by atoms with E-state index in [0.29, 0.717) is 49.6 Å². The van der Waals surface area contributed by atoms with Crippen molar-refractivity contribution in [1.82, 2.24) is 14.1 Å². The Morgan fingerprint density at radius 3 is 2.32 bits per heavy atom. The minimum Gasteiger partial charge on any atom is -0.348 e. The molecule has 28 heavy (non-hydrogen) atoms. The summed E-state index contributed by atoms with van der Waals surface area (Å²) in [5.74, 6) is 0.0331. The van der Waals surface area contributed by atoms with E-state index < -0.39 is 10.0 Å². The molecule has 1 heterocycles. The molecule has 1 saturated heterocycles. The number of hydrogen-bond acceptors (Lipinski definition) is 4. The maximum Gasteiger partial charge on any atom is 0.243 e. The van der Waals surface area contributed by atoms with Gasteiger partial charge in [0.05, 0.1) is 11.4 Å². The molecule has 7 heteroatoms. The van der Waals surface area contributed by atoms with Gasteiger partial charge in [0.25, 0.3) is 0 Å². The summed E-state index contributed by atoms with van der Waals surface area (Å²) in [5, 5.41) is 0. The Morgan fingerprint density at radius 2 is 1.61 bits per heavy atom. The van der Waals surface area contributed by atoms with Crippen molar-refractivity contribution in [3.05, 3.63) is 54.6 Å². The molecule has 3 rings (SSSR count). The minimum atomic E-state index is -3.62. The first-order valence-corrected chi connectivity index (χ1v) is 10.9. The van der Waals surface area contributed by atoms with Gasteiger partial charge in [-0.1, -0.05) is 48.5 Å². The molecule has 1 fully saturated rings. The van der Waals surface area contributed by atoms with Crippen LogP contribution < -0.4 is 0 Å². The van der Waals surface area contributed by atoms with Gasteiger partial charge in [0, 0.05) is 39.3 Å². The van der Waals surface area contributed by atoms with Crippen molar-refractivity contribution in [2.45, 2.75) is 11.3 Å². The molecule has 6 nitrogen and oxygen atoms in total. The molecule has 1 amide bonds. The lowest BCUT2D eigenvalue weighted by molar-refractivity contribution is -0.129. The SMILES string of the molecule is CN(C)C(=O)CN1CCCN(S(=O)(=O)c2ccccc2-c2ccccc2)CC1. The van der Waals surface area contributed by atoms with E-state index in [-0.39, 0.29) is 5.91 Å². The Kier molecular flexibility index (Phi) is 6.49. The van der Waals surface area contributed by atoms with Crippen LogP contribution in [0.1, 0.15) is 6.42 Å². The van der Waals surface area contributed by atoms with E-state index in [4.69, 9.17) is 0 Å². The van der Waals surface area contributed by atoms with Crippen LogP contribution in [0, 0.1) is 0 Å². The molecule has 0 unspecified atom stereocenters. The van der Waals surface area contributed by atoms with Gasteiger partial charge in [-0.05, 0) is 24.6 Å². The highest BCUT2D eigenvalue weighted by atomic mass is 32.2. The molecule has 0 bridgehead atoms. The van der Waals surface area contributed by atoms with Gasteiger partial charge in [0.1, 0.15) is 0 Å². The van der Waals surface area contributed by atoms with Crippen LogP contribution in [0.25, 0.3) is 11.1 Å². The Hall–Kier alpha value is -2.22. The molecule has 0 spiro atoms. The topological polar surface area (TPSA) is 60.9 Å². The molecule has 0 saturated carbocycles. The van der Waals surface area contributed by atoms with Crippen LogP contribution in [0.3, 0.4) is 0 Å². The summed E-state index contributed by atoms with van der Waals surface area (Å²) in [4.78, 5) is 15.9. The minimum absolute atomic E-state index is 0.0331. The van der Waals surface area contributed by atoms with Gasteiger partial charge < -0.3 is 4.90 Å². The first-order chi connectivity index (χ1) is 13.4. The number of sulfonamides is 1. The fourth-order valence-electron chi connectivity index (χ4n) is 3.37. The standard InChI is InChI=1S/C21H27N3O3S/c1-22(2)21(25)17-23-13-8-14-24(16-15-23)28(26,27)20-12-7-6-11-19(20)18-9-4-3-5-10-18/h3-7,9-12H,8,13-17H2,1-2H3. The van der Waals surface area contributed by atoms with Crippen LogP contribution in [-0.2, 0) is 14.8 Å². The highest BCUT2D eigenvalue weighted by Gasteiger charge is 2.29. The van der Waals surface area contributed by atoms with Crippen molar-refractivity contribution < 1.29 is 13.2 Å². The van der Waals surface area contributed by atoms with E-state index in [1.54, 1.807) is 35.4 Å². The average Bonchev–Trinajstić information content (AvgIpc) is 2.94. The molecule has 0 aliphatic carbocycles. The molecular formula is C21H27N3O3S. The molecule has 1 aliphatic rings. The van der Waals surface area contributed by atoms with Crippen LogP contribution >= 0.6 is 0 Å². The van der Waals surface area contributed by atoms with Gasteiger partial charge in [-0.2, -0.15) is 4.31 Å². The zero-order chi connectivity index (χ0) is 20.1. The van der Waals surface area contributed by atoms with E-state index in [1.165, 1.54) is 0 Å². The van der Waals surface area contributed by atoms with Crippen molar-refractivity contribution in [2.75, 3.05) is 46.8 Å². The van der Waals surface area contributed by atoms with E-state index in [0.717, 1.165) is 5.56 Å². The summed E-state index contributed by atoms with van der Waals surface area (Å²) in [6, 6.07) is 16.7. The lowest BCUT2D eigenvalue weighted by Crippen LogP contribution is -2.39. The third kappa shape index (κ3) is 4.60. The first-order valence-electron chi connectivity index (χ1n) is 9.46. The third-order valence-electron chi connectivity index (χ3n) is 4.99. The fourth-order valence-corrected chi connectivity index (χ4v) is 5.05. The van der Waals surface area contributed by atoms with E-state index in [2.05, 4.69) is 0 Å². The maximum absolute atomic E-state index is 13.4. The second kappa shape index (κ2) is 8.86. The second-order valence-corrected chi connectivity index (χ2v) is 9.09. The Balaban J connectivity index is 1.82. The van der Waals surface area contributed by atoms with E-state index in [9.17, 15) is 13.2 Å². The van der Waals surface area contributed by atoms with E-state index >= 15 is 0 Å². The zero-order valence-electron chi connectivity index (χ0n) is 16.4. The summed E-state index contributed by atoms with van der Waals surface area (Å²) >= 11 is 0. The number of amides is 1. The first kappa shape index (κ1) is 20.5. The number of carbonyl (C=O) groups is 1. The lowest BCUT2D eigenvalue weighted by atomic mass is 10.1. The molecule has 2 aromatic carbocycles. The highest BCUT2D eigenvalue weighted by molar-refractivity contribution is 7.89. The number of rotatable bonds is 5. The molecule has 0 aromatic heterocycles. The van der Waals surface area contributed by atoms with Crippen LogP contribution in [0.2, 0.25) is 0 Å². The van der Waals surface area contributed by atoms with Gasteiger partial charge in [-0.25, -0.2) is 8.42 Å². The van der Waals surface area contributed by atoms with Crippen molar-refractivity contribution in [3.63, 3.8) is 0 Å². The van der Waals surface area contributed by atoms with Crippen molar-refractivity contribution in [2.24, 2.45) is 0 Å². The second-order valence-electron chi connectivity index (χ2n) is 7.18. The van der Waals surface area contributed by atoms with Crippen LogP contribution in [0.5, 0.6) is 0 Å². The van der Waals surface area contributed by atoms with Crippen LogP contribution in [0.4, 0.5) is 0 Å². The fraction of sp³-hybridized carbons (Fsp3) is 0.381. The molecule has 0 N–H and O–H groups in total. The van der Waals surface area contributed by atoms with Crippen LogP contribution in [0.15, 0.2) is 59.5 Å². The smallest absolute Gasteiger partial charge is 0.243 e. The van der Waals surface area contributed by atoms with Crippen molar-refractivity contribution >= 4 is 15.9 Å². The predicted octanol–water partition coefficient (Wildman–Crippen LogP) is 2.14. The molecular weight excluding hydrogens is 374 g/mol. The zero-order valence-corrected chi connectivity index (χ0v) is 17.2. The number of carbonyl (C=O) groups excluding carboxylic acids is 1. The van der Waals surface area contributed by atoms with Crippen molar-refractivity contribution in [1.29, 1.82) is 0 Å². The summed E-state index contributed by atoms with van der Waals surface area (Å²) in [6.45, 7) is 2.42. The predicted molar refractivity (Wildman–Crippen MR) is 110 cm³/mol. The number of benzene rings is 2. The number of nitrogens with zero attached hydrogens (tertiary/aromatic N) is 3. The Bertz CT molecular complexity index is 914. The van der Waals surface area contributed by atoms with Crippen molar-refractivity contribution in [3.8, 4) is 11.1 Å².